The Labute approximate surface area is 671 Å². The average Bonchev–Trinajstić information content (AvgIpc) is 1.60. The molecule has 8 aromatic rings. The van der Waals surface area contributed by atoms with Crippen LogP contribution in [0.25, 0.3) is 0 Å². The molecule has 4 aromatic heterocycles. The van der Waals surface area contributed by atoms with Crippen LogP contribution in [0, 0.1) is 49.4 Å². The summed E-state index contributed by atoms with van der Waals surface area (Å²) in [5.74, 6) is 3.20. The molecule has 4 aromatic carbocycles. The van der Waals surface area contributed by atoms with E-state index in [4.69, 9.17) is 20.9 Å². The second-order valence-electron chi connectivity index (χ2n) is 33.8. The number of nitrogens with one attached hydrogen (secondary N) is 2. The number of aliphatic hydroxyl groups is 4. The quantitative estimate of drug-likeness (QED) is 0.0630. The summed E-state index contributed by atoms with van der Waals surface area (Å²) in [6, 6.07) is 34.0. The van der Waals surface area contributed by atoms with Crippen molar-refractivity contribution in [1.29, 1.82) is 0 Å². The Morgan fingerprint density at radius 2 is 0.616 bits per heavy atom. The van der Waals surface area contributed by atoms with Gasteiger partial charge in [0.2, 0.25) is 0 Å². The Morgan fingerprint density at radius 1 is 0.393 bits per heavy atom. The van der Waals surface area contributed by atoms with Crippen LogP contribution >= 0.6 is 24.8 Å². The molecule has 0 bridgehead atoms. The molecule has 24 nitrogen and oxygen atoms in total. The molecule has 0 radical (unpaired) electrons. The molecule has 2 amide bonds. The number of hydrogen-bond acceptors (Lipinski definition) is 22. The maximum Gasteiger partial charge on any atom is 0.408 e. The average molecular weight is 1570 g/mol. The number of nitrogens with zero attached hydrogens (tertiary/aromatic N) is 12. The van der Waals surface area contributed by atoms with E-state index in [1.807, 2.05) is 81.4 Å². The van der Waals surface area contributed by atoms with Crippen molar-refractivity contribution in [1.82, 2.24) is 50.5 Å². The van der Waals surface area contributed by atoms with Gasteiger partial charge >= 0.3 is 12.2 Å². The first-order valence-corrected chi connectivity index (χ1v) is 39.2. The van der Waals surface area contributed by atoms with Crippen LogP contribution in [0.3, 0.4) is 0 Å². The molecule has 4 aliphatic carbocycles. The van der Waals surface area contributed by atoms with E-state index in [9.17, 15) is 30.0 Å². The van der Waals surface area contributed by atoms with Crippen molar-refractivity contribution in [2.75, 3.05) is 72.0 Å². The van der Waals surface area contributed by atoms with Gasteiger partial charge in [-0.25, -0.2) is 29.5 Å². The van der Waals surface area contributed by atoms with Gasteiger partial charge < -0.3 is 71.6 Å². The van der Waals surface area contributed by atoms with Gasteiger partial charge in [-0.15, -0.1) is 24.8 Å². The Kier molecular flexibility index (Phi) is 26.3. The number of benzene rings is 4. The zero-order valence-corrected chi connectivity index (χ0v) is 68.2. The standard InChI is InChI=1S/2C24H32N4O3.2C19H24N4O.2ClH/c2*1-16-14-25-19(15-29)21(26-16)28-11-9-24(10-12-28)13-17-7-5-6-8-18(17)20(24)27-22(30)31-23(2,3)4;2*1-13-11-21-16(12-24)18(22-13)23-8-6-19(7-9-23)10-14-4-2-3-5-15(14)17(19)20;;/h2*5-8,14,20,29H,9-13,15H2,1-4H3,(H,27,30);2*2-5,11,17,24H,6-10,12,20H2,1H3;2*1H/t2*20-;2*17-;;/m1010../s1. The number of hydrogen-bond donors (Lipinski definition) is 8. The summed E-state index contributed by atoms with van der Waals surface area (Å²) in [5, 5.41) is 44.9. The summed E-state index contributed by atoms with van der Waals surface area (Å²) in [6.07, 6.45) is 17.9. The Bertz CT molecular complexity index is 4300. The van der Waals surface area contributed by atoms with Crippen molar-refractivity contribution in [2.45, 2.75) is 208 Å². The monoisotopic (exact) mass is 1570 g/mol. The van der Waals surface area contributed by atoms with Crippen LogP contribution in [-0.4, -0.2) is 136 Å². The van der Waals surface area contributed by atoms with Crippen molar-refractivity contribution in [3.63, 3.8) is 0 Å². The van der Waals surface area contributed by atoms with E-state index in [-0.39, 0.29) is 109 Å². The molecule has 4 spiro atoms. The van der Waals surface area contributed by atoms with Crippen LogP contribution in [0.4, 0.5) is 32.9 Å². The predicted octanol–water partition coefficient (Wildman–Crippen LogP) is 12.5. The van der Waals surface area contributed by atoms with Crippen molar-refractivity contribution < 1.29 is 39.5 Å². The molecule has 600 valence electrons. The Hall–Kier alpha value is -8.72. The van der Waals surface area contributed by atoms with Crippen molar-refractivity contribution in [2.24, 2.45) is 33.1 Å². The molecule has 16 rings (SSSR count). The number of halogens is 2. The molecule has 0 unspecified atom stereocenters. The lowest BCUT2D eigenvalue weighted by atomic mass is 9.72. The summed E-state index contributed by atoms with van der Waals surface area (Å²) >= 11 is 0. The van der Waals surface area contributed by atoms with Gasteiger partial charge in [-0.1, -0.05) is 97.1 Å². The minimum atomic E-state index is -0.538. The molecule has 10 N–H and O–H groups in total. The summed E-state index contributed by atoms with van der Waals surface area (Å²) in [7, 11) is 0. The largest absolute Gasteiger partial charge is 0.444 e. The van der Waals surface area contributed by atoms with Gasteiger partial charge in [-0.05, 0) is 202 Å². The molecule has 4 aliphatic heterocycles. The number of ether oxygens (including phenoxy) is 2. The molecular weight excluding hydrogens is 1460 g/mol. The van der Waals surface area contributed by atoms with Crippen LogP contribution in [0.2, 0.25) is 0 Å². The number of aliphatic hydroxyl groups excluding tert-OH is 4. The zero-order chi connectivity index (χ0) is 77.9. The highest BCUT2D eigenvalue weighted by Gasteiger charge is 2.52. The van der Waals surface area contributed by atoms with E-state index in [2.05, 4.69) is 155 Å². The fourth-order valence-electron chi connectivity index (χ4n) is 18.5. The third-order valence-electron chi connectivity index (χ3n) is 24.2. The number of anilines is 4. The van der Waals surface area contributed by atoms with Crippen LogP contribution in [0.5, 0.6) is 0 Å². The van der Waals surface area contributed by atoms with Crippen LogP contribution in [0.1, 0.15) is 207 Å². The molecule has 4 atom stereocenters. The summed E-state index contributed by atoms with van der Waals surface area (Å²) < 4.78 is 11.2. The van der Waals surface area contributed by atoms with E-state index < -0.39 is 11.2 Å². The lowest BCUT2D eigenvalue weighted by Crippen LogP contribution is -2.48. The number of nitrogens with two attached hydrogens (primary N) is 2. The minimum Gasteiger partial charge on any atom is -0.444 e. The van der Waals surface area contributed by atoms with Gasteiger partial charge in [0, 0.05) is 100 Å². The highest BCUT2D eigenvalue weighted by Crippen LogP contribution is 2.56. The summed E-state index contributed by atoms with van der Waals surface area (Å²) in [4.78, 5) is 70.2. The Morgan fingerprint density at radius 3 is 0.857 bits per heavy atom. The summed E-state index contributed by atoms with van der Waals surface area (Å²) in [6.45, 7) is 25.4. The fraction of sp³-hybridized carbons (Fsp3) is 0.512. The number of carbonyl (C=O) groups excluding carboxylic acids is 2. The third-order valence-corrected chi connectivity index (χ3v) is 24.2. The van der Waals surface area contributed by atoms with E-state index >= 15 is 0 Å². The lowest BCUT2D eigenvalue weighted by molar-refractivity contribution is 0.0418. The van der Waals surface area contributed by atoms with Gasteiger partial charge in [-0.3, -0.25) is 19.9 Å². The van der Waals surface area contributed by atoms with Crippen LogP contribution in [0.15, 0.2) is 122 Å². The molecule has 0 saturated carbocycles. The van der Waals surface area contributed by atoms with E-state index in [1.165, 1.54) is 44.5 Å². The number of aromatic nitrogens is 8. The SMILES string of the molecule is Cc1cnc(CO)c(N2CCC3(CC2)Cc2ccccc2[C@@H]3N)n1.Cc1cnc(CO)c(N2CCC3(CC2)Cc2ccccc2[C@@H]3NC(=O)OC(C)(C)C)n1.Cc1cnc(CO)c(N2CCC3(CC2)Cc2ccccc2[C@H]3N)n1.Cc1cnc(CO)c(N2CCC3(CC2)Cc2ccccc2[C@H]3NC(=O)OC(C)(C)C)n1.Cl.Cl. The number of carbonyl (C=O) groups is 2. The predicted molar refractivity (Wildman–Crippen MR) is 439 cm³/mol. The van der Waals surface area contributed by atoms with Crippen LogP contribution < -0.4 is 41.7 Å². The zero-order valence-electron chi connectivity index (χ0n) is 66.6. The lowest BCUT2D eigenvalue weighted by Gasteiger charge is -2.44. The van der Waals surface area contributed by atoms with Gasteiger partial charge in [0.25, 0.3) is 0 Å². The van der Waals surface area contributed by atoms with Crippen molar-refractivity contribution >= 4 is 60.3 Å². The molecular formula is C86H114Cl2N16O8. The highest BCUT2D eigenvalue weighted by molar-refractivity contribution is 5.85. The molecule has 26 heteroatoms. The second-order valence-corrected chi connectivity index (χ2v) is 33.8. The van der Waals surface area contributed by atoms with Crippen molar-refractivity contribution in [3.8, 4) is 0 Å². The second kappa shape index (κ2) is 34.9. The molecule has 4 fully saturated rings. The number of aryl methyl sites for hydroxylation is 4. The first kappa shape index (κ1) is 84.2. The maximum absolute atomic E-state index is 12.7. The minimum absolute atomic E-state index is 0. The maximum atomic E-state index is 12.7. The molecule has 8 aliphatic rings. The first-order valence-electron chi connectivity index (χ1n) is 39.2. The number of alkyl carbamates (subject to hydrolysis) is 2. The Balaban J connectivity index is 0.000000148. The molecule has 112 heavy (non-hydrogen) atoms. The molecule has 4 saturated heterocycles. The number of amides is 2. The van der Waals surface area contributed by atoms with Crippen LogP contribution in [-0.2, 0) is 61.6 Å². The normalized spacial score (nSPS) is 20.4. The number of piperidine rings is 4. The molecule has 8 heterocycles. The number of fused-ring (bicyclic) bond motifs is 4. The van der Waals surface area contributed by atoms with E-state index in [0.29, 0.717) is 22.8 Å². The first-order chi connectivity index (χ1) is 52.7. The fourth-order valence-corrected chi connectivity index (χ4v) is 18.5. The summed E-state index contributed by atoms with van der Waals surface area (Å²) in [5.41, 5.74) is 28.8. The highest BCUT2D eigenvalue weighted by atomic mass is 35.5. The van der Waals surface area contributed by atoms with E-state index in [0.717, 1.165) is 175 Å². The van der Waals surface area contributed by atoms with Gasteiger partial charge in [0.15, 0.2) is 23.3 Å². The third kappa shape index (κ3) is 18.1. The number of rotatable bonds is 10. The van der Waals surface area contributed by atoms with Gasteiger partial charge in [0.1, 0.15) is 34.0 Å². The topological polar surface area (TPSA) is 326 Å². The van der Waals surface area contributed by atoms with Gasteiger partial charge in [-0.2, -0.15) is 0 Å². The van der Waals surface area contributed by atoms with Crippen molar-refractivity contribution in [3.05, 3.63) is 212 Å². The smallest absolute Gasteiger partial charge is 0.408 e. The van der Waals surface area contributed by atoms with Gasteiger partial charge in [0.05, 0.1) is 61.3 Å². The van der Waals surface area contributed by atoms with E-state index in [1.54, 1.807) is 24.8 Å².